The van der Waals surface area contributed by atoms with Gasteiger partial charge >= 0.3 is 0 Å². The van der Waals surface area contributed by atoms with E-state index in [9.17, 15) is 0 Å². The molecule has 150 valence electrons. The van der Waals surface area contributed by atoms with Gasteiger partial charge in [-0.2, -0.15) is 0 Å². The van der Waals surface area contributed by atoms with Gasteiger partial charge in [0.25, 0.3) is 0 Å². The van der Waals surface area contributed by atoms with Crippen molar-refractivity contribution < 1.29 is 0 Å². The fourth-order valence-electron chi connectivity index (χ4n) is 4.70. The van der Waals surface area contributed by atoms with Crippen molar-refractivity contribution in [3.63, 3.8) is 0 Å². The van der Waals surface area contributed by atoms with E-state index in [2.05, 4.69) is 59.2 Å². The molecule has 0 aromatic carbocycles. The number of nitrogens with zero attached hydrogens (tertiary/aromatic N) is 3. The smallest absolute Gasteiger partial charge is 0.107 e. The second kappa shape index (κ2) is 8.29. The summed E-state index contributed by atoms with van der Waals surface area (Å²) in [5.74, 6) is 0. The molecule has 1 aromatic heterocycles. The molecule has 28 heavy (non-hydrogen) atoms. The fraction of sp³-hybridized carbons (Fsp3) is 0.545. The van der Waals surface area contributed by atoms with Crippen LogP contribution in [0.3, 0.4) is 0 Å². The fourth-order valence-corrected chi connectivity index (χ4v) is 5.07. The SMILES string of the molecule is Cc1c(/C=N\CNC2=CCC(SN)C=C2)cc2n1C1(C=NC2C)CCCCC1. The Bertz CT molecular complexity index is 826. The number of hydrogen-bond acceptors (Lipinski definition) is 5. The van der Waals surface area contributed by atoms with E-state index in [0.29, 0.717) is 11.9 Å². The number of rotatable bonds is 5. The molecule has 1 aliphatic heterocycles. The van der Waals surface area contributed by atoms with Gasteiger partial charge in [-0.25, -0.2) is 0 Å². The average Bonchev–Trinajstić information content (AvgIpc) is 3.07. The molecule has 3 aliphatic rings. The first-order valence-corrected chi connectivity index (χ1v) is 11.3. The maximum Gasteiger partial charge on any atom is 0.107 e. The molecule has 1 spiro atoms. The molecule has 1 saturated carbocycles. The van der Waals surface area contributed by atoms with Gasteiger partial charge in [0.15, 0.2) is 0 Å². The third kappa shape index (κ3) is 3.72. The molecule has 0 saturated heterocycles. The summed E-state index contributed by atoms with van der Waals surface area (Å²) in [6.45, 7) is 5.00. The maximum absolute atomic E-state index is 5.63. The highest BCUT2D eigenvalue weighted by Gasteiger charge is 2.38. The van der Waals surface area contributed by atoms with Gasteiger partial charge in [0, 0.05) is 40.3 Å². The third-order valence-electron chi connectivity index (χ3n) is 6.29. The van der Waals surface area contributed by atoms with Gasteiger partial charge in [0.2, 0.25) is 0 Å². The van der Waals surface area contributed by atoms with Crippen LogP contribution in [-0.2, 0) is 5.54 Å². The van der Waals surface area contributed by atoms with E-state index < -0.39 is 0 Å². The van der Waals surface area contributed by atoms with Gasteiger partial charge in [-0.15, -0.1) is 0 Å². The lowest BCUT2D eigenvalue weighted by molar-refractivity contribution is 0.268. The molecule has 2 heterocycles. The minimum absolute atomic E-state index is 0.0871. The quantitative estimate of drug-likeness (QED) is 0.572. The third-order valence-corrected chi connectivity index (χ3v) is 6.99. The molecule has 2 atom stereocenters. The molecule has 3 N–H and O–H groups in total. The number of allylic oxidation sites excluding steroid dienone is 2. The molecule has 1 aromatic rings. The van der Waals surface area contributed by atoms with Crippen LogP contribution < -0.4 is 10.5 Å². The van der Waals surface area contributed by atoms with Crippen molar-refractivity contribution in [2.75, 3.05) is 6.67 Å². The monoisotopic (exact) mass is 397 g/mol. The molecule has 0 radical (unpaired) electrons. The topological polar surface area (TPSA) is 67.7 Å². The minimum Gasteiger partial charge on any atom is -0.367 e. The highest BCUT2D eigenvalue weighted by molar-refractivity contribution is 7.97. The molecule has 5 nitrogen and oxygen atoms in total. The molecule has 2 unspecified atom stereocenters. The van der Waals surface area contributed by atoms with Crippen LogP contribution in [0.15, 0.2) is 40.0 Å². The van der Waals surface area contributed by atoms with E-state index in [0.717, 1.165) is 12.1 Å². The van der Waals surface area contributed by atoms with Crippen LogP contribution >= 0.6 is 11.9 Å². The van der Waals surface area contributed by atoms with Crippen molar-refractivity contribution >= 4 is 24.4 Å². The van der Waals surface area contributed by atoms with Gasteiger partial charge in [0.05, 0.1) is 11.6 Å². The van der Waals surface area contributed by atoms with Gasteiger partial charge < -0.3 is 9.88 Å². The van der Waals surface area contributed by atoms with Crippen molar-refractivity contribution in [3.8, 4) is 0 Å². The largest absolute Gasteiger partial charge is 0.367 e. The van der Waals surface area contributed by atoms with Crippen molar-refractivity contribution in [1.29, 1.82) is 0 Å². The predicted molar refractivity (Wildman–Crippen MR) is 120 cm³/mol. The summed E-state index contributed by atoms with van der Waals surface area (Å²) < 4.78 is 2.57. The summed E-state index contributed by atoms with van der Waals surface area (Å²) in [7, 11) is 0. The summed E-state index contributed by atoms with van der Waals surface area (Å²) >= 11 is 1.40. The standard InChI is InChI=1S/C22H31N5S/c1-16-21-12-18(13-24-15-26-19-6-8-20(28-23)9-7-19)17(2)27(21)22(14-25-16)10-4-3-5-11-22/h6-8,12-14,16,20,26H,3-5,9-11,15,23H2,1-2H3/b24-13-. The first-order valence-electron chi connectivity index (χ1n) is 10.4. The van der Waals surface area contributed by atoms with Gasteiger partial charge in [-0.3, -0.25) is 15.1 Å². The molecular formula is C22H31N5S. The summed E-state index contributed by atoms with van der Waals surface area (Å²) in [4.78, 5) is 9.49. The highest BCUT2D eigenvalue weighted by Crippen LogP contribution is 2.41. The number of fused-ring (bicyclic) bond motifs is 2. The maximum atomic E-state index is 5.63. The molecule has 1 fully saturated rings. The Balaban J connectivity index is 1.47. The number of nitrogens with one attached hydrogen (secondary N) is 1. The molecule has 2 aliphatic carbocycles. The average molecular weight is 398 g/mol. The lowest BCUT2D eigenvalue weighted by atomic mass is 9.81. The zero-order chi connectivity index (χ0) is 19.6. The number of hydrogen-bond donors (Lipinski definition) is 2. The van der Waals surface area contributed by atoms with Crippen LogP contribution in [0, 0.1) is 6.92 Å². The zero-order valence-electron chi connectivity index (χ0n) is 16.9. The van der Waals surface area contributed by atoms with Crippen LogP contribution in [0.5, 0.6) is 0 Å². The van der Waals surface area contributed by atoms with E-state index in [-0.39, 0.29) is 11.6 Å². The molecule has 6 heteroatoms. The zero-order valence-corrected chi connectivity index (χ0v) is 17.7. The van der Waals surface area contributed by atoms with E-state index in [1.165, 1.54) is 61.0 Å². The summed E-state index contributed by atoms with van der Waals surface area (Å²) in [5, 5.41) is 9.40. The van der Waals surface area contributed by atoms with Crippen LogP contribution in [-0.4, -0.2) is 28.9 Å². The second-order valence-electron chi connectivity index (χ2n) is 8.14. The highest BCUT2D eigenvalue weighted by atomic mass is 32.2. The Morgan fingerprint density at radius 1 is 1.39 bits per heavy atom. The van der Waals surface area contributed by atoms with Crippen LogP contribution in [0.4, 0.5) is 0 Å². The molecule has 4 rings (SSSR count). The Morgan fingerprint density at radius 2 is 2.21 bits per heavy atom. The van der Waals surface area contributed by atoms with E-state index in [1.54, 1.807) is 0 Å². The van der Waals surface area contributed by atoms with Crippen molar-refractivity contribution in [1.82, 2.24) is 9.88 Å². The molecule has 0 bridgehead atoms. The number of nitrogens with two attached hydrogens (primary N) is 1. The number of aliphatic imine (C=N–C) groups is 2. The van der Waals surface area contributed by atoms with Crippen molar-refractivity contribution in [2.24, 2.45) is 15.1 Å². The Hall–Kier alpha value is -1.79. The Morgan fingerprint density at radius 3 is 2.93 bits per heavy atom. The predicted octanol–water partition coefficient (Wildman–Crippen LogP) is 4.39. The lowest BCUT2D eigenvalue weighted by Gasteiger charge is -2.41. The van der Waals surface area contributed by atoms with E-state index >= 15 is 0 Å². The van der Waals surface area contributed by atoms with Crippen LogP contribution in [0.25, 0.3) is 0 Å². The Kier molecular flexibility index (Phi) is 5.78. The van der Waals surface area contributed by atoms with E-state index in [4.69, 9.17) is 10.1 Å². The molecular weight excluding hydrogens is 366 g/mol. The summed E-state index contributed by atoms with van der Waals surface area (Å²) in [5.41, 5.74) is 5.08. The summed E-state index contributed by atoms with van der Waals surface area (Å²) in [6, 6.07) is 2.51. The summed E-state index contributed by atoms with van der Waals surface area (Å²) in [6.07, 6.45) is 18.0. The molecule has 0 amide bonds. The second-order valence-corrected chi connectivity index (χ2v) is 9.02. The Labute approximate surface area is 172 Å². The van der Waals surface area contributed by atoms with Gasteiger partial charge in [0.1, 0.15) is 6.67 Å². The normalized spacial score (nSPS) is 25.9. The van der Waals surface area contributed by atoms with Crippen molar-refractivity contribution in [2.45, 2.75) is 69.2 Å². The first-order chi connectivity index (χ1) is 13.6. The van der Waals surface area contributed by atoms with Gasteiger partial charge in [-0.1, -0.05) is 43.4 Å². The van der Waals surface area contributed by atoms with Crippen molar-refractivity contribution in [3.05, 3.63) is 46.9 Å². The first kappa shape index (κ1) is 19.5. The van der Waals surface area contributed by atoms with Crippen LogP contribution in [0.2, 0.25) is 0 Å². The lowest BCUT2D eigenvalue weighted by Crippen LogP contribution is -2.41. The van der Waals surface area contributed by atoms with E-state index in [1.807, 2.05) is 6.21 Å². The minimum atomic E-state index is 0.0871. The number of aromatic nitrogens is 1. The van der Waals surface area contributed by atoms with Crippen LogP contribution in [0.1, 0.15) is 68.4 Å². The van der Waals surface area contributed by atoms with Gasteiger partial charge in [-0.05, 0) is 45.3 Å².